The van der Waals surface area contributed by atoms with Gasteiger partial charge in [0.05, 0.1) is 11.4 Å². The molecule has 1 heterocycles. The maximum Gasteiger partial charge on any atom is 0.278 e. The van der Waals surface area contributed by atoms with Crippen LogP contribution in [-0.2, 0) is 25.4 Å². The van der Waals surface area contributed by atoms with Gasteiger partial charge in [0.1, 0.15) is 5.75 Å². The van der Waals surface area contributed by atoms with Gasteiger partial charge in [0, 0.05) is 5.69 Å². The summed E-state index contributed by atoms with van der Waals surface area (Å²) in [6, 6.07) is 13.0. The van der Waals surface area contributed by atoms with Crippen LogP contribution in [0.25, 0.3) is 0 Å². The van der Waals surface area contributed by atoms with Crippen molar-refractivity contribution in [3.05, 3.63) is 54.1 Å². The van der Waals surface area contributed by atoms with Crippen molar-refractivity contribution in [2.45, 2.75) is 18.3 Å². The summed E-state index contributed by atoms with van der Waals surface area (Å²) in [5.74, 6) is -1.27. The SMILES string of the molecule is CC1(C(=O)Nc2cccc(CS(N)(=O)=O)c2)Oc2ccccc2NC1=O. The first-order chi connectivity index (χ1) is 12.2. The average molecular weight is 375 g/mol. The lowest BCUT2D eigenvalue weighted by molar-refractivity contribution is -0.143. The molecule has 1 aliphatic heterocycles. The molecule has 1 aliphatic rings. The number of carbonyl (C=O) groups is 2. The van der Waals surface area contributed by atoms with Crippen LogP contribution in [0.3, 0.4) is 0 Å². The van der Waals surface area contributed by atoms with Crippen LogP contribution >= 0.6 is 0 Å². The highest BCUT2D eigenvalue weighted by Crippen LogP contribution is 2.33. The van der Waals surface area contributed by atoms with E-state index in [0.717, 1.165) is 0 Å². The molecule has 0 aromatic heterocycles. The van der Waals surface area contributed by atoms with E-state index in [2.05, 4.69) is 10.6 Å². The van der Waals surface area contributed by atoms with E-state index in [0.29, 0.717) is 22.7 Å². The molecule has 1 unspecified atom stereocenters. The molecule has 2 aromatic rings. The highest BCUT2D eigenvalue weighted by atomic mass is 32.2. The predicted octanol–water partition coefficient (Wildman–Crippen LogP) is 1.20. The summed E-state index contributed by atoms with van der Waals surface area (Å²) in [6.45, 7) is 1.36. The van der Waals surface area contributed by atoms with Gasteiger partial charge in [-0.05, 0) is 36.8 Å². The number of ether oxygens (including phenoxy) is 1. The van der Waals surface area contributed by atoms with Gasteiger partial charge in [0.15, 0.2) is 0 Å². The number of amides is 2. The second-order valence-electron chi connectivity index (χ2n) is 6.05. The zero-order chi connectivity index (χ0) is 18.9. The largest absolute Gasteiger partial charge is 0.466 e. The number of fused-ring (bicyclic) bond motifs is 1. The topological polar surface area (TPSA) is 128 Å². The molecule has 0 bridgehead atoms. The van der Waals surface area contributed by atoms with Gasteiger partial charge in [-0.15, -0.1) is 0 Å². The first-order valence-corrected chi connectivity index (χ1v) is 9.39. The van der Waals surface area contributed by atoms with E-state index < -0.39 is 27.4 Å². The molecular weight excluding hydrogens is 358 g/mol. The maximum atomic E-state index is 12.7. The highest BCUT2D eigenvalue weighted by Gasteiger charge is 2.47. The van der Waals surface area contributed by atoms with E-state index in [1.165, 1.54) is 13.0 Å². The number of hydrogen-bond acceptors (Lipinski definition) is 5. The Hall–Kier alpha value is -2.91. The lowest BCUT2D eigenvalue weighted by Crippen LogP contribution is -2.56. The van der Waals surface area contributed by atoms with Crippen molar-refractivity contribution in [3.8, 4) is 5.75 Å². The number of sulfonamides is 1. The van der Waals surface area contributed by atoms with Gasteiger partial charge in [-0.1, -0.05) is 24.3 Å². The zero-order valence-corrected chi connectivity index (χ0v) is 14.7. The Balaban J connectivity index is 1.82. The molecule has 2 amide bonds. The Morgan fingerprint density at radius 2 is 1.96 bits per heavy atom. The second kappa shape index (κ2) is 6.43. The minimum absolute atomic E-state index is 0.327. The summed E-state index contributed by atoms with van der Waals surface area (Å²) in [6.07, 6.45) is 0. The molecule has 0 radical (unpaired) electrons. The van der Waals surface area contributed by atoms with E-state index in [-0.39, 0.29) is 5.75 Å². The van der Waals surface area contributed by atoms with Crippen LogP contribution in [0.5, 0.6) is 5.75 Å². The summed E-state index contributed by atoms with van der Waals surface area (Å²) in [7, 11) is -3.70. The summed E-state index contributed by atoms with van der Waals surface area (Å²) < 4.78 is 28.1. The van der Waals surface area contributed by atoms with Crippen molar-refractivity contribution in [3.63, 3.8) is 0 Å². The molecular formula is C17H17N3O5S. The third-order valence-corrected chi connectivity index (χ3v) is 4.60. The number of para-hydroxylation sites is 2. The van der Waals surface area contributed by atoms with Crippen molar-refractivity contribution in [2.75, 3.05) is 10.6 Å². The lowest BCUT2D eigenvalue weighted by Gasteiger charge is -2.33. The molecule has 136 valence electrons. The number of nitrogens with one attached hydrogen (secondary N) is 2. The minimum Gasteiger partial charge on any atom is -0.466 e. The number of primary sulfonamides is 1. The fraction of sp³-hybridized carbons (Fsp3) is 0.176. The molecule has 2 aromatic carbocycles. The lowest BCUT2D eigenvalue weighted by atomic mass is 10.0. The van der Waals surface area contributed by atoms with E-state index in [1.807, 2.05) is 0 Å². The first-order valence-electron chi connectivity index (χ1n) is 7.68. The second-order valence-corrected chi connectivity index (χ2v) is 7.66. The quantitative estimate of drug-likeness (QED) is 0.692. The number of hydrogen-bond donors (Lipinski definition) is 3. The fourth-order valence-corrected chi connectivity index (χ4v) is 3.18. The summed E-state index contributed by atoms with van der Waals surface area (Å²) in [4.78, 5) is 25.0. The summed E-state index contributed by atoms with van der Waals surface area (Å²) in [5.41, 5.74) is -0.551. The minimum atomic E-state index is -3.70. The molecule has 1 atom stereocenters. The van der Waals surface area contributed by atoms with Crippen molar-refractivity contribution in [1.29, 1.82) is 0 Å². The zero-order valence-electron chi connectivity index (χ0n) is 13.9. The van der Waals surface area contributed by atoms with E-state index in [9.17, 15) is 18.0 Å². The number of rotatable bonds is 4. The van der Waals surface area contributed by atoms with Crippen molar-refractivity contribution >= 4 is 33.2 Å². The van der Waals surface area contributed by atoms with Crippen LogP contribution in [0.4, 0.5) is 11.4 Å². The maximum absolute atomic E-state index is 12.7. The Kier molecular flexibility index (Phi) is 4.43. The standard InChI is InChI=1S/C17H17N3O5S/c1-17(16(22)20-13-7-2-3-8-14(13)25-17)15(21)19-12-6-4-5-11(9-12)10-26(18,23)24/h2-9H,10H2,1H3,(H,19,21)(H,20,22)(H2,18,23,24). The van der Waals surface area contributed by atoms with Gasteiger partial charge in [-0.3, -0.25) is 9.59 Å². The summed E-state index contributed by atoms with van der Waals surface area (Å²) in [5, 5.41) is 10.3. The van der Waals surface area contributed by atoms with Crippen LogP contribution in [0, 0.1) is 0 Å². The van der Waals surface area contributed by atoms with E-state index in [1.54, 1.807) is 42.5 Å². The molecule has 9 heteroatoms. The smallest absolute Gasteiger partial charge is 0.278 e. The molecule has 0 spiro atoms. The molecule has 0 aliphatic carbocycles. The number of anilines is 2. The molecule has 3 rings (SSSR count). The van der Waals surface area contributed by atoms with Crippen LogP contribution in [-0.4, -0.2) is 25.8 Å². The Bertz CT molecular complexity index is 989. The van der Waals surface area contributed by atoms with Gasteiger partial charge in [0.25, 0.3) is 17.4 Å². The predicted molar refractivity (Wildman–Crippen MR) is 96.0 cm³/mol. The van der Waals surface area contributed by atoms with E-state index in [4.69, 9.17) is 9.88 Å². The fourth-order valence-electron chi connectivity index (χ4n) is 2.54. The highest BCUT2D eigenvalue weighted by molar-refractivity contribution is 7.88. The van der Waals surface area contributed by atoms with Gasteiger partial charge >= 0.3 is 0 Å². The average Bonchev–Trinajstić information content (AvgIpc) is 2.54. The molecule has 26 heavy (non-hydrogen) atoms. The van der Waals surface area contributed by atoms with Gasteiger partial charge in [-0.2, -0.15) is 0 Å². The third kappa shape index (κ3) is 3.68. The van der Waals surface area contributed by atoms with Crippen LogP contribution in [0.1, 0.15) is 12.5 Å². The number of carbonyl (C=O) groups excluding carboxylic acids is 2. The third-order valence-electron chi connectivity index (χ3n) is 3.87. The molecule has 0 saturated carbocycles. The molecule has 4 N–H and O–H groups in total. The summed E-state index contributed by atoms with van der Waals surface area (Å²) >= 11 is 0. The molecule has 0 fully saturated rings. The molecule has 8 nitrogen and oxygen atoms in total. The van der Waals surface area contributed by atoms with Crippen LogP contribution < -0.4 is 20.5 Å². The van der Waals surface area contributed by atoms with Gasteiger partial charge in [0.2, 0.25) is 10.0 Å². The Morgan fingerprint density at radius 1 is 1.23 bits per heavy atom. The number of nitrogens with two attached hydrogens (primary N) is 1. The van der Waals surface area contributed by atoms with Gasteiger partial charge < -0.3 is 15.4 Å². The number of benzene rings is 2. The van der Waals surface area contributed by atoms with Crippen molar-refractivity contribution in [1.82, 2.24) is 0 Å². The Labute approximate surface area is 150 Å². The van der Waals surface area contributed by atoms with E-state index >= 15 is 0 Å². The van der Waals surface area contributed by atoms with Gasteiger partial charge in [-0.25, -0.2) is 13.6 Å². The van der Waals surface area contributed by atoms with Crippen molar-refractivity contribution < 1.29 is 22.7 Å². The van der Waals surface area contributed by atoms with Crippen LogP contribution in [0.15, 0.2) is 48.5 Å². The van der Waals surface area contributed by atoms with Crippen molar-refractivity contribution in [2.24, 2.45) is 5.14 Å². The Morgan fingerprint density at radius 3 is 2.69 bits per heavy atom. The van der Waals surface area contributed by atoms with Crippen LogP contribution in [0.2, 0.25) is 0 Å². The first kappa shape index (κ1) is 17.9. The monoisotopic (exact) mass is 375 g/mol. The molecule has 0 saturated heterocycles. The normalized spacial score (nSPS) is 19.1.